The van der Waals surface area contributed by atoms with Gasteiger partial charge in [0.25, 0.3) is 11.8 Å². The molecule has 0 radical (unpaired) electrons. The minimum Gasteiger partial charge on any atom is -0.331 e. The van der Waals surface area contributed by atoms with Crippen molar-refractivity contribution in [3.63, 3.8) is 0 Å². The van der Waals surface area contributed by atoms with Gasteiger partial charge in [0.05, 0.1) is 20.2 Å². The lowest BCUT2D eigenvalue weighted by molar-refractivity contribution is 0.0661. The van der Waals surface area contributed by atoms with Gasteiger partial charge in [0.2, 0.25) is 0 Å². The van der Waals surface area contributed by atoms with Crippen molar-refractivity contribution < 1.29 is 19.2 Å². The van der Waals surface area contributed by atoms with E-state index in [1.165, 1.54) is 23.0 Å². The number of pyridine rings is 2. The van der Waals surface area contributed by atoms with Crippen LogP contribution < -0.4 is 21.3 Å². The molecule has 2 unspecified atom stereocenters. The highest BCUT2D eigenvalue weighted by Gasteiger charge is 2.51. The molecule has 294 valence electrons. The first-order valence-corrected chi connectivity index (χ1v) is 23.6. The lowest BCUT2D eigenvalue weighted by Crippen LogP contribution is -2.41. The van der Waals surface area contributed by atoms with Crippen LogP contribution in [0.15, 0.2) is 83.6 Å². The van der Waals surface area contributed by atoms with Crippen LogP contribution in [-0.2, 0) is 0 Å². The highest BCUT2D eigenvalue weighted by Crippen LogP contribution is 2.59. The number of urea groups is 2. The van der Waals surface area contributed by atoms with Crippen molar-refractivity contribution in [2.45, 2.75) is 45.9 Å². The molecule has 4 fully saturated rings. The van der Waals surface area contributed by atoms with E-state index in [-0.39, 0.29) is 44.1 Å². The zero-order valence-electron chi connectivity index (χ0n) is 30.7. The number of aromatic nitrogens is 2. The van der Waals surface area contributed by atoms with Gasteiger partial charge < -0.3 is 20.4 Å². The third kappa shape index (κ3) is 7.73. The van der Waals surface area contributed by atoms with Crippen molar-refractivity contribution in [2.24, 2.45) is 0 Å². The first-order chi connectivity index (χ1) is 27.7. The molecule has 8 heterocycles. The Bertz CT molecular complexity index is 2220. The summed E-state index contributed by atoms with van der Waals surface area (Å²) in [6, 6.07) is 19.4. The van der Waals surface area contributed by atoms with E-state index in [0.29, 0.717) is 34.1 Å². The molecule has 10 rings (SSSR count). The number of piperidine rings is 2. The van der Waals surface area contributed by atoms with Crippen molar-refractivity contribution >= 4 is 110 Å². The zero-order valence-corrected chi connectivity index (χ0v) is 35.5. The van der Waals surface area contributed by atoms with Crippen LogP contribution in [0.2, 0.25) is 0 Å². The number of carbonyl (C=O) groups is 4. The summed E-state index contributed by atoms with van der Waals surface area (Å²) in [5.74, 6) is 5.78. The number of nitrogens with zero attached hydrogens (tertiary/aromatic N) is 4. The lowest BCUT2D eigenvalue weighted by Gasteiger charge is -2.41. The van der Waals surface area contributed by atoms with Gasteiger partial charge in [0.15, 0.2) is 0 Å². The molecule has 17 heteroatoms. The second kappa shape index (κ2) is 16.0. The minimum atomic E-state index is -0.366. The van der Waals surface area contributed by atoms with E-state index in [4.69, 9.17) is 0 Å². The van der Waals surface area contributed by atoms with Crippen molar-refractivity contribution in [1.82, 2.24) is 19.8 Å². The summed E-state index contributed by atoms with van der Waals surface area (Å²) in [7, 11) is 0. The Balaban J connectivity index is 0.000000148. The molecule has 12 nitrogen and oxygen atoms in total. The van der Waals surface area contributed by atoms with Gasteiger partial charge in [0.1, 0.15) is 11.6 Å². The molecule has 0 aliphatic carbocycles. The van der Waals surface area contributed by atoms with Gasteiger partial charge in [-0.1, -0.05) is 18.2 Å². The van der Waals surface area contributed by atoms with Gasteiger partial charge in [-0.25, -0.2) is 19.6 Å². The summed E-state index contributed by atoms with van der Waals surface area (Å²) in [6.07, 6.45) is 7.17. The van der Waals surface area contributed by atoms with Gasteiger partial charge in [0, 0.05) is 86.6 Å². The molecule has 2 aromatic heterocycles. The highest BCUT2D eigenvalue weighted by atomic mass is 79.9. The van der Waals surface area contributed by atoms with Gasteiger partial charge in [-0.15, -0.1) is 47.0 Å². The third-order valence-electron chi connectivity index (χ3n) is 11.1. The number of carbonyl (C=O) groups excluding carboxylic acids is 4. The molecule has 0 saturated carbocycles. The van der Waals surface area contributed by atoms with E-state index >= 15 is 0 Å². The maximum Gasteiger partial charge on any atom is 0.324 e. The smallest absolute Gasteiger partial charge is 0.324 e. The van der Waals surface area contributed by atoms with Crippen molar-refractivity contribution in [3.05, 3.63) is 106 Å². The van der Waals surface area contributed by atoms with Crippen LogP contribution in [0.1, 0.15) is 69.6 Å². The lowest BCUT2D eigenvalue weighted by atomic mass is 9.95. The molecule has 2 atom stereocenters. The van der Waals surface area contributed by atoms with Crippen LogP contribution >= 0.6 is 63.0 Å². The van der Waals surface area contributed by atoms with Crippen molar-refractivity contribution in [2.75, 3.05) is 57.4 Å². The Kier molecular flexibility index (Phi) is 10.9. The molecule has 57 heavy (non-hydrogen) atoms. The van der Waals surface area contributed by atoms with Crippen LogP contribution in [0.5, 0.6) is 0 Å². The van der Waals surface area contributed by atoms with Crippen molar-refractivity contribution in [3.8, 4) is 0 Å². The third-order valence-corrected chi connectivity index (χ3v) is 18.7. The fourth-order valence-electron chi connectivity index (χ4n) is 8.60. The maximum atomic E-state index is 13.0. The van der Waals surface area contributed by atoms with E-state index < -0.39 is 0 Å². The predicted octanol–water partition coefficient (Wildman–Crippen LogP) is 9.15. The van der Waals surface area contributed by atoms with Crippen LogP contribution in [0.25, 0.3) is 0 Å². The topological polar surface area (TPSA) is 149 Å². The summed E-state index contributed by atoms with van der Waals surface area (Å²) in [4.78, 5) is 63.2. The van der Waals surface area contributed by atoms with Gasteiger partial charge >= 0.3 is 12.1 Å². The number of benzene rings is 2. The van der Waals surface area contributed by atoms with Crippen LogP contribution in [0.3, 0.4) is 0 Å². The number of amides is 6. The van der Waals surface area contributed by atoms with Crippen LogP contribution in [-0.4, -0.2) is 87.9 Å². The molecule has 4 N–H and O–H groups in total. The SMILES string of the molecule is O=C(Nc1ccc(Br)cn1)Nc1cccc2c1C1CC3(CCN1C2=O)SCCS3.O=C(Nc1ccccn1)Nc1cccc2c1C1CC3(CCN1C2=O)SCCS3. The number of hydrogen-bond acceptors (Lipinski definition) is 10. The fraction of sp³-hybridized carbons (Fsp3) is 0.350. The number of thioether (sulfide) groups is 4. The van der Waals surface area contributed by atoms with E-state index in [2.05, 4.69) is 47.2 Å². The molecule has 6 amide bonds. The van der Waals surface area contributed by atoms with Gasteiger partial charge in [-0.05, 0) is 90.1 Å². The molecular formula is C40H39BrN8O4S4. The quantitative estimate of drug-likeness (QED) is 0.156. The highest BCUT2D eigenvalue weighted by molar-refractivity contribution is 9.10. The number of hydrogen-bond donors (Lipinski definition) is 4. The summed E-state index contributed by atoms with van der Waals surface area (Å²) < 4.78 is 1.24. The summed E-state index contributed by atoms with van der Waals surface area (Å²) in [5.41, 5.74) is 4.73. The molecule has 4 saturated heterocycles. The minimum absolute atomic E-state index is 0.0201. The van der Waals surface area contributed by atoms with Crippen LogP contribution in [0, 0.1) is 0 Å². The first-order valence-electron chi connectivity index (χ1n) is 18.8. The summed E-state index contributed by atoms with van der Waals surface area (Å²) >= 11 is 11.4. The molecule has 6 aliphatic rings. The summed E-state index contributed by atoms with van der Waals surface area (Å²) in [6.45, 7) is 1.55. The zero-order chi connectivity index (χ0) is 39.1. The Morgan fingerprint density at radius 2 is 1.14 bits per heavy atom. The molecule has 4 aromatic rings. The average molecular weight is 904 g/mol. The van der Waals surface area contributed by atoms with E-state index in [1.54, 1.807) is 30.6 Å². The Labute approximate surface area is 355 Å². The standard InChI is InChI=1S/C20H19BrN4O2S2.C20H20N4O2S2/c21-12-4-5-16(22-11-12)24-19(27)23-14-3-1-2-13-17(14)15-10-20(28-8-9-29-20)6-7-25(15)18(13)26;25-18-13-4-3-5-14(22-19(26)23-16-6-1-2-8-21-16)17(13)15-12-20(7-9-24(15)18)27-10-11-28-20/h1-5,11,15H,6-10H2,(H2,22,23,24,27);1-6,8,15H,7,9-12H2,(H2,21,22,23,26). The molecule has 6 aliphatic heterocycles. The molecule has 2 spiro atoms. The number of halogens is 1. The second-order valence-electron chi connectivity index (χ2n) is 14.4. The Hall–Kier alpha value is -3.90. The van der Waals surface area contributed by atoms with E-state index in [0.717, 1.165) is 54.4 Å². The summed E-state index contributed by atoms with van der Waals surface area (Å²) in [5, 5.41) is 11.4. The fourth-order valence-corrected chi connectivity index (χ4v) is 15.4. The molecule has 2 aromatic carbocycles. The number of fused-ring (bicyclic) bond motifs is 6. The van der Waals surface area contributed by atoms with Crippen LogP contribution in [0.4, 0.5) is 32.6 Å². The van der Waals surface area contributed by atoms with Gasteiger partial charge in [-0.3, -0.25) is 20.2 Å². The largest absolute Gasteiger partial charge is 0.331 e. The van der Waals surface area contributed by atoms with Crippen molar-refractivity contribution in [1.29, 1.82) is 0 Å². The maximum absolute atomic E-state index is 13.0. The number of rotatable bonds is 4. The number of anilines is 4. The molecular weight excluding hydrogens is 865 g/mol. The second-order valence-corrected chi connectivity index (χ2v) is 21.8. The average Bonchev–Trinajstić information content (AvgIpc) is 3.99. The number of nitrogens with one attached hydrogen (secondary N) is 4. The Morgan fingerprint density at radius 1 is 0.632 bits per heavy atom. The van der Waals surface area contributed by atoms with E-state index in [1.807, 2.05) is 105 Å². The normalized spacial score (nSPS) is 21.9. The monoisotopic (exact) mass is 902 g/mol. The van der Waals surface area contributed by atoms with Gasteiger partial charge in [-0.2, -0.15) is 0 Å². The van der Waals surface area contributed by atoms with E-state index in [9.17, 15) is 19.2 Å². The first kappa shape index (κ1) is 38.6. The molecule has 0 bridgehead atoms. The predicted molar refractivity (Wildman–Crippen MR) is 236 cm³/mol. The Morgan fingerprint density at radius 3 is 1.60 bits per heavy atom.